The van der Waals surface area contributed by atoms with Gasteiger partial charge in [0.25, 0.3) is 0 Å². The van der Waals surface area contributed by atoms with E-state index in [0.29, 0.717) is 6.42 Å². The van der Waals surface area contributed by atoms with Crippen molar-refractivity contribution < 1.29 is 14.3 Å². The van der Waals surface area contributed by atoms with E-state index in [1.165, 1.54) is 12.7 Å². The number of esters is 1. The van der Waals surface area contributed by atoms with Gasteiger partial charge in [0.05, 0.1) is 7.11 Å². The molecule has 0 bridgehead atoms. The van der Waals surface area contributed by atoms with Gasteiger partial charge in [-0.25, -0.2) is 0 Å². The van der Waals surface area contributed by atoms with E-state index >= 15 is 0 Å². The fourth-order valence-corrected chi connectivity index (χ4v) is 2.00. The third-order valence-corrected chi connectivity index (χ3v) is 3.11. The second-order valence-corrected chi connectivity index (χ2v) is 4.78. The Kier molecular flexibility index (Phi) is 7.33. The Labute approximate surface area is 120 Å². The lowest BCUT2D eigenvalue weighted by atomic mass is 10.0. The van der Waals surface area contributed by atoms with Crippen molar-refractivity contribution in [3.63, 3.8) is 0 Å². The van der Waals surface area contributed by atoms with E-state index in [-0.39, 0.29) is 11.8 Å². The van der Waals surface area contributed by atoms with Crippen LogP contribution in [-0.2, 0) is 20.7 Å². The lowest BCUT2D eigenvalue weighted by molar-refractivity contribution is -0.140. The van der Waals surface area contributed by atoms with Crippen molar-refractivity contribution in [1.29, 1.82) is 0 Å². The van der Waals surface area contributed by atoms with Crippen LogP contribution in [0.4, 0.5) is 0 Å². The largest absolute Gasteiger partial charge is 0.469 e. The second kappa shape index (κ2) is 9.08. The summed E-state index contributed by atoms with van der Waals surface area (Å²) in [6.07, 6.45) is 7.80. The first-order valence-electron chi connectivity index (χ1n) is 6.97. The zero-order valence-corrected chi connectivity index (χ0v) is 12.2. The highest BCUT2D eigenvalue weighted by molar-refractivity contribution is 5.91. The van der Waals surface area contributed by atoms with Crippen LogP contribution in [0.1, 0.15) is 43.7 Å². The van der Waals surface area contributed by atoms with Crippen LogP contribution < -0.4 is 0 Å². The van der Waals surface area contributed by atoms with Crippen molar-refractivity contribution in [3.8, 4) is 0 Å². The molecule has 0 spiro atoms. The van der Waals surface area contributed by atoms with Crippen molar-refractivity contribution in [2.45, 2.75) is 39.0 Å². The van der Waals surface area contributed by atoms with Gasteiger partial charge >= 0.3 is 5.97 Å². The van der Waals surface area contributed by atoms with Crippen LogP contribution in [0, 0.1) is 0 Å². The van der Waals surface area contributed by atoms with Crippen molar-refractivity contribution in [3.05, 3.63) is 41.5 Å². The minimum Gasteiger partial charge on any atom is -0.469 e. The number of benzene rings is 1. The summed E-state index contributed by atoms with van der Waals surface area (Å²) in [7, 11) is 1.42. The number of allylic oxidation sites excluding steroid dienone is 1. The van der Waals surface area contributed by atoms with Gasteiger partial charge in [-0.15, -0.1) is 0 Å². The topological polar surface area (TPSA) is 43.4 Å². The molecule has 0 atom stereocenters. The van der Waals surface area contributed by atoms with Gasteiger partial charge in [0.1, 0.15) is 0 Å². The molecule has 0 fully saturated rings. The maximum absolute atomic E-state index is 11.0. The van der Waals surface area contributed by atoms with E-state index in [9.17, 15) is 9.59 Å². The number of carbonyl (C=O) groups is 2. The predicted octanol–water partition coefficient (Wildman–Crippen LogP) is 3.56. The Bertz CT molecular complexity index is 475. The molecule has 0 unspecified atom stereocenters. The molecule has 1 aromatic rings. The van der Waals surface area contributed by atoms with Gasteiger partial charge in [-0.05, 0) is 43.4 Å². The number of hydrogen-bond acceptors (Lipinski definition) is 3. The smallest absolute Gasteiger partial charge is 0.305 e. The van der Waals surface area contributed by atoms with Crippen LogP contribution in [-0.4, -0.2) is 18.9 Å². The van der Waals surface area contributed by atoms with E-state index < -0.39 is 0 Å². The molecule has 3 heteroatoms. The summed E-state index contributed by atoms with van der Waals surface area (Å²) in [5.41, 5.74) is 2.33. The first kappa shape index (κ1) is 16.2. The summed E-state index contributed by atoms with van der Waals surface area (Å²) in [6.45, 7) is 1.55. The number of hydrogen-bond donors (Lipinski definition) is 0. The van der Waals surface area contributed by atoms with Crippen LogP contribution in [0.15, 0.2) is 30.3 Å². The highest BCUT2D eigenvalue weighted by Crippen LogP contribution is 2.15. The Balaban J connectivity index is 2.43. The first-order valence-corrected chi connectivity index (χ1v) is 6.97. The molecule has 20 heavy (non-hydrogen) atoms. The summed E-state index contributed by atoms with van der Waals surface area (Å²) in [4.78, 5) is 22.0. The normalized spacial score (nSPS) is 10.7. The van der Waals surface area contributed by atoms with Crippen LogP contribution in [0.25, 0.3) is 6.08 Å². The lowest BCUT2D eigenvalue weighted by Gasteiger charge is -2.06. The van der Waals surface area contributed by atoms with Crippen LogP contribution in [0.2, 0.25) is 0 Å². The summed E-state index contributed by atoms with van der Waals surface area (Å²) < 4.78 is 4.61. The molecule has 0 aliphatic heterocycles. The highest BCUT2D eigenvalue weighted by atomic mass is 16.5. The second-order valence-electron chi connectivity index (χ2n) is 4.78. The van der Waals surface area contributed by atoms with Crippen LogP contribution in [0.5, 0.6) is 0 Å². The molecule has 0 aromatic heterocycles. The van der Waals surface area contributed by atoms with Crippen molar-refractivity contribution >= 4 is 17.8 Å². The Hall–Kier alpha value is -1.90. The van der Waals surface area contributed by atoms with Crippen molar-refractivity contribution in [2.75, 3.05) is 7.11 Å². The fourth-order valence-electron chi connectivity index (χ4n) is 2.00. The molecule has 0 N–H and O–H groups in total. The zero-order valence-electron chi connectivity index (χ0n) is 12.2. The van der Waals surface area contributed by atoms with Gasteiger partial charge in [0.2, 0.25) is 0 Å². The van der Waals surface area contributed by atoms with Crippen molar-refractivity contribution in [1.82, 2.24) is 0 Å². The summed E-state index contributed by atoms with van der Waals surface area (Å²) >= 11 is 0. The third-order valence-electron chi connectivity index (χ3n) is 3.11. The molecule has 1 aromatic carbocycles. The van der Waals surface area contributed by atoms with Gasteiger partial charge in [0, 0.05) is 6.42 Å². The molecular formula is C17H22O3. The number of unbranched alkanes of at least 4 members (excludes halogenated alkanes) is 2. The standard InChI is InChI=1S/C17H22O3/c1-14(18)12-13-16-10-7-6-9-15(16)8-4-3-5-11-17(19)20-2/h6-7,9-10,12-13H,3-5,8,11H2,1-2H3. The minimum atomic E-state index is -0.144. The zero-order chi connectivity index (χ0) is 14.8. The Morgan fingerprint density at radius 3 is 2.60 bits per heavy atom. The van der Waals surface area contributed by atoms with E-state index in [1.807, 2.05) is 24.3 Å². The molecule has 0 saturated carbocycles. The quantitative estimate of drug-likeness (QED) is 0.413. The van der Waals surface area contributed by atoms with E-state index in [1.54, 1.807) is 13.0 Å². The first-order chi connectivity index (χ1) is 9.63. The summed E-state index contributed by atoms with van der Waals surface area (Å²) in [6, 6.07) is 8.08. The van der Waals surface area contributed by atoms with Gasteiger partial charge < -0.3 is 4.74 Å². The molecule has 3 nitrogen and oxygen atoms in total. The molecule has 0 aliphatic carbocycles. The van der Waals surface area contributed by atoms with Gasteiger partial charge in [-0.3, -0.25) is 9.59 Å². The van der Waals surface area contributed by atoms with Crippen molar-refractivity contribution in [2.24, 2.45) is 0 Å². The third kappa shape index (κ3) is 6.32. The molecule has 1 rings (SSSR count). The average Bonchev–Trinajstić information content (AvgIpc) is 2.45. The molecule has 0 heterocycles. The molecule has 0 amide bonds. The number of aryl methyl sites for hydroxylation is 1. The number of methoxy groups -OCH3 is 1. The maximum atomic E-state index is 11.0. The molecular weight excluding hydrogens is 252 g/mol. The molecule has 0 saturated heterocycles. The molecule has 0 radical (unpaired) electrons. The number of ketones is 1. The Morgan fingerprint density at radius 1 is 1.15 bits per heavy atom. The molecule has 108 valence electrons. The van der Waals surface area contributed by atoms with Gasteiger partial charge in [-0.2, -0.15) is 0 Å². The number of rotatable bonds is 8. The van der Waals surface area contributed by atoms with E-state index in [0.717, 1.165) is 31.2 Å². The monoisotopic (exact) mass is 274 g/mol. The van der Waals surface area contributed by atoms with Crippen LogP contribution >= 0.6 is 0 Å². The Morgan fingerprint density at radius 2 is 1.90 bits per heavy atom. The predicted molar refractivity (Wildman–Crippen MR) is 80.3 cm³/mol. The van der Waals surface area contributed by atoms with Crippen LogP contribution in [0.3, 0.4) is 0 Å². The minimum absolute atomic E-state index is 0.0536. The SMILES string of the molecule is COC(=O)CCCCCc1ccccc1C=CC(C)=O. The van der Waals surface area contributed by atoms with Gasteiger partial charge in [-0.1, -0.05) is 36.8 Å². The fraction of sp³-hybridized carbons (Fsp3) is 0.412. The average molecular weight is 274 g/mol. The van der Waals surface area contributed by atoms with E-state index in [2.05, 4.69) is 10.8 Å². The maximum Gasteiger partial charge on any atom is 0.305 e. The number of ether oxygens (including phenoxy) is 1. The van der Waals surface area contributed by atoms with Gasteiger partial charge in [0.15, 0.2) is 5.78 Å². The summed E-state index contributed by atoms with van der Waals surface area (Å²) in [5.74, 6) is -0.0901. The lowest BCUT2D eigenvalue weighted by Crippen LogP contribution is -1.99. The number of carbonyl (C=O) groups excluding carboxylic acids is 2. The van der Waals surface area contributed by atoms with E-state index in [4.69, 9.17) is 0 Å². The summed E-state index contributed by atoms with van der Waals surface area (Å²) in [5, 5.41) is 0. The molecule has 0 aliphatic rings. The highest BCUT2D eigenvalue weighted by Gasteiger charge is 2.02.